The summed E-state index contributed by atoms with van der Waals surface area (Å²) in [7, 11) is 0. The topological polar surface area (TPSA) is 125 Å². The SMILES string of the molecule is C.C.C.C.C.C.CCC(C)C(=O)OC(C)(C)C12CC3CC(CC(C3)C1)C2.CCC(C)C(=O)OC12CC3CC(CC(O)(C3)C1)C2.CCC(C)C(=O)OC1C2CCC3C(C2)C(=O)OC31. The molecule has 10 atom stereocenters. The third-order valence-electron chi connectivity index (χ3n) is 17.0. The second-order valence-corrected chi connectivity index (χ2v) is 21.5. The predicted octanol–water partition coefficient (Wildman–Crippen LogP) is 13.0. The lowest BCUT2D eigenvalue weighted by Gasteiger charge is -2.61. The standard InChI is InChI=1S/C18H30O2.C15H24O3.C14H20O4.6CH4/c1-5-12(2)16(19)20-17(3,4)18-9-13-6-14(10-18)8-15(7-13)11-18;1-3-10(2)13(16)18-15-7-11-4-12(8-15)6-14(17,5-11)9-15;1-3-7(2)13(15)17-11-8-4-5-9-10(6-8)14(16)18-12(9)11;;;;;;/h12-15H,5-11H2,1-4H3;10-12,17H,3-9H2,1-2H3;7-12H,3-6H2,1-2H3;6*1H4. The molecule has 1 N–H and O–H groups in total. The third-order valence-corrected chi connectivity index (χ3v) is 17.0. The highest BCUT2D eigenvalue weighted by atomic mass is 16.6. The highest BCUT2D eigenvalue weighted by molar-refractivity contribution is 5.77. The molecule has 12 rings (SSSR count). The van der Waals surface area contributed by atoms with Gasteiger partial charge in [-0.15, -0.1) is 0 Å². The number of hydrogen-bond acceptors (Lipinski definition) is 9. The van der Waals surface area contributed by atoms with Gasteiger partial charge in [-0.1, -0.05) is 86.1 Å². The quantitative estimate of drug-likeness (QED) is 0.169. The first-order valence-corrected chi connectivity index (χ1v) is 23.0. The Hall–Kier alpha value is -2.16. The Morgan fingerprint density at radius 3 is 1.63 bits per heavy atom. The van der Waals surface area contributed by atoms with Crippen LogP contribution in [0.4, 0.5) is 0 Å². The number of carbonyl (C=O) groups is 4. The Kier molecular flexibility index (Phi) is 20.4. The smallest absolute Gasteiger partial charge is 0.309 e. The molecule has 1 saturated heterocycles. The van der Waals surface area contributed by atoms with Crippen molar-refractivity contribution >= 4 is 23.9 Å². The van der Waals surface area contributed by atoms with Gasteiger partial charge in [0.2, 0.25) is 0 Å². The first-order chi connectivity index (χ1) is 26.4. The van der Waals surface area contributed by atoms with Crippen molar-refractivity contribution in [3.63, 3.8) is 0 Å². The van der Waals surface area contributed by atoms with Crippen molar-refractivity contribution in [3.8, 4) is 0 Å². The van der Waals surface area contributed by atoms with E-state index in [0.29, 0.717) is 24.2 Å². The first-order valence-electron chi connectivity index (χ1n) is 23.0. The molecule has 12 fully saturated rings. The van der Waals surface area contributed by atoms with Crippen molar-refractivity contribution in [2.24, 2.45) is 70.5 Å². The average molecular weight is 879 g/mol. The molecule has 0 amide bonds. The summed E-state index contributed by atoms with van der Waals surface area (Å²) in [6, 6.07) is 0. The second kappa shape index (κ2) is 21.9. The lowest BCUT2D eigenvalue weighted by Crippen LogP contribution is -2.60. The molecule has 1 aliphatic heterocycles. The molecular weight excluding hydrogens is 781 g/mol. The van der Waals surface area contributed by atoms with Crippen molar-refractivity contribution < 1.29 is 43.2 Å². The van der Waals surface area contributed by atoms with Gasteiger partial charge >= 0.3 is 23.9 Å². The monoisotopic (exact) mass is 879 g/mol. The molecule has 0 spiro atoms. The number of fused-ring (bicyclic) bond motifs is 1. The zero-order valence-corrected chi connectivity index (χ0v) is 35.9. The van der Waals surface area contributed by atoms with Crippen LogP contribution in [0.3, 0.4) is 0 Å². The summed E-state index contributed by atoms with van der Waals surface area (Å²) in [5.41, 5.74) is -0.895. The molecule has 62 heavy (non-hydrogen) atoms. The Balaban J connectivity index is 0.000000444. The van der Waals surface area contributed by atoms with Crippen molar-refractivity contribution in [1.29, 1.82) is 0 Å². The number of ether oxygens (including phenoxy) is 4. The maximum atomic E-state index is 12.3. The number of rotatable bonds is 10. The van der Waals surface area contributed by atoms with E-state index in [1.165, 1.54) is 44.9 Å². The molecule has 9 nitrogen and oxygen atoms in total. The van der Waals surface area contributed by atoms with E-state index in [4.69, 9.17) is 18.9 Å². The third kappa shape index (κ3) is 11.3. The Labute approximate surface area is 381 Å². The summed E-state index contributed by atoms with van der Waals surface area (Å²) in [5, 5.41) is 10.6. The molecule has 9 heteroatoms. The molecule has 10 unspecified atom stereocenters. The fraction of sp³-hybridized carbons (Fsp3) is 0.925. The highest BCUT2D eigenvalue weighted by Gasteiger charge is 2.61. The van der Waals surface area contributed by atoms with Crippen molar-refractivity contribution in [2.75, 3.05) is 0 Å². The van der Waals surface area contributed by atoms with Gasteiger partial charge in [-0.05, 0) is 153 Å². The van der Waals surface area contributed by atoms with Gasteiger partial charge in [-0.2, -0.15) is 0 Å². The van der Waals surface area contributed by atoms with E-state index < -0.39 is 5.60 Å². The maximum Gasteiger partial charge on any atom is 0.309 e. The number of aliphatic hydroxyl groups is 1. The molecule has 0 radical (unpaired) electrons. The molecule has 11 aliphatic carbocycles. The normalized spacial score (nSPS) is 39.1. The molecule has 0 aromatic rings. The zero-order chi connectivity index (χ0) is 40.4. The first kappa shape index (κ1) is 57.9. The van der Waals surface area contributed by atoms with Gasteiger partial charge in [0.05, 0.1) is 29.3 Å². The van der Waals surface area contributed by atoms with E-state index >= 15 is 0 Å². The highest BCUT2D eigenvalue weighted by Crippen LogP contribution is 2.64. The molecule has 12 bridgehead atoms. The van der Waals surface area contributed by atoms with Crippen LogP contribution in [0.25, 0.3) is 0 Å². The van der Waals surface area contributed by atoms with Gasteiger partial charge in [0, 0.05) is 23.7 Å². The summed E-state index contributed by atoms with van der Waals surface area (Å²) >= 11 is 0. The lowest BCUT2D eigenvalue weighted by atomic mass is 9.46. The van der Waals surface area contributed by atoms with Gasteiger partial charge in [-0.25, -0.2) is 0 Å². The number of esters is 4. The average Bonchev–Trinajstić information content (AvgIpc) is 3.40. The van der Waals surface area contributed by atoms with Crippen LogP contribution in [0.1, 0.15) is 216 Å². The summed E-state index contributed by atoms with van der Waals surface area (Å²) in [4.78, 5) is 47.9. The van der Waals surface area contributed by atoms with Crippen LogP contribution in [-0.2, 0) is 38.1 Å². The Morgan fingerprint density at radius 1 is 0.677 bits per heavy atom. The lowest BCUT2D eigenvalue weighted by molar-refractivity contribution is -0.222. The van der Waals surface area contributed by atoms with Crippen LogP contribution >= 0.6 is 0 Å². The summed E-state index contributed by atoms with van der Waals surface area (Å²) in [6.45, 7) is 16.2. The van der Waals surface area contributed by atoms with E-state index in [1.54, 1.807) is 0 Å². The van der Waals surface area contributed by atoms with Crippen LogP contribution in [0.2, 0.25) is 0 Å². The molecular formula is C53H98O9. The van der Waals surface area contributed by atoms with E-state index in [0.717, 1.165) is 82.0 Å². The maximum absolute atomic E-state index is 12.3. The molecule has 364 valence electrons. The zero-order valence-electron chi connectivity index (χ0n) is 35.9. The van der Waals surface area contributed by atoms with Crippen LogP contribution < -0.4 is 0 Å². The largest absolute Gasteiger partial charge is 0.459 e. The predicted molar refractivity (Wildman–Crippen MR) is 252 cm³/mol. The van der Waals surface area contributed by atoms with Crippen LogP contribution in [0, 0.1) is 70.5 Å². The van der Waals surface area contributed by atoms with E-state index in [2.05, 4.69) is 20.8 Å². The second-order valence-electron chi connectivity index (χ2n) is 21.5. The minimum atomic E-state index is -0.542. The van der Waals surface area contributed by atoms with Crippen LogP contribution in [-0.4, -0.2) is 58.0 Å². The summed E-state index contributed by atoms with van der Waals surface area (Å²) in [6.07, 6.45) is 19.0. The number of hydrogen-bond donors (Lipinski definition) is 1. The molecule has 1 heterocycles. The Bertz CT molecular complexity index is 1440. The minimum Gasteiger partial charge on any atom is -0.459 e. The Morgan fingerprint density at radius 2 is 1.15 bits per heavy atom. The molecule has 0 aromatic carbocycles. The fourth-order valence-corrected chi connectivity index (χ4v) is 13.9. The van der Waals surface area contributed by atoms with Gasteiger partial charge < -0.3 is 24.1 Å². The van der Waals surface area contributed by atoms with Gasteiger partial charge in [0.1, 0.15) is 23.4 Å². The molecule has 12 aliphatic rings. The van der Waals surface area contributed by atoms with Crippen LogP contribution in [0.15, 0.2) is 0 Å². The van der Waals surface area contributed by atoms with Crippen LogP contribution in [0.5, 0.6) is 0 Å². The van der Waals surface area contributed by atoms with E-state index in [1.807, 2.05) is 34.6 Å². The molecule has 11 saturated carbocycles. The van der Waals surface area contributed by atoms with E-state index in [-0.39, 0.29) is 127 Å². The van der Waals surface area contributed by atoms with Gasteiger partial charge in [0.25, 0.3) is 0 Å². The summed E-state index contributed by atoms with van der Waals surface area (Å²) in [5.74, 6) is 4.21. The van der Waals surface area contributed by atoms with Crippen molar-refractivity contribution in [3.05, 3.63) is 0 Å². The van der Waals surface area contributed by atoms with Gasteiger partial charge in [0.15, 0.2) is 0 Å². The molecule has 0 aromatic heterocycles. The minimum absolute atomic E-state index is 0. The van der Waals surface area contributed by atoms with E-state index in [9.17, 15) is 24.3 Å². The fourth-order valence-electron chi connectivity index (χ4n) is 13.9. The van der Waals surface area contributed by atoms with Gasteiger partial charge in [-0.3, -0.25) is 19.2 Å². The summed E-state index contributed by atoms with van der Waals surface area (Å²) < 4.78 is 23.0. The number of carbonyl (C=O) groups excluding carboxylic acids is 4. The van der Waals surface area contributed by atoms with Crippen molar-refractivity contribution in [2.45, 2.75) is 245 Å². The van der Waals surface area contributed by atoms with Crippen molar-refractivity contribution in [1.82, 2.24) is 0 Å².